The third-order valence-electron chi connectivity index (χ3n) is 5.81. The Bertz CT molecular complexity index is 996. The molecule has 32 heavy (non-hydrogen) atoms. The maximum Gasteiger partial charge on any atom is 0.257 e. The van der Waals surface area contributed by atoms with Crippen LogP contribution >= 0.6 is 0 Å². The van der Waals surface area contributed by atoms with E-state index in [4.69, 9.17) is 9.47 Å². The molecule has 2 fully saturated rings. The zero-order chi connectivity index (χ0) is 22.7. The van der Waals surface area contributed by atoms with E-state index in [0.717, 1.165) is 25.0 Å². The van der Waals surface area contributed by atoms with E-state index in [1.165, 1.54) is 12.0 Å². The van der Waals surface area contributed by atoms with Gasteiger partial charge in [0.1, 0.15) is 17.4 Å². The van der Waals surface area contributed by atoms with Crippen molar-refractivity contribution in [2.75, 3.05) is 39.9 Å². The Kier molecular flexibility index (Phi) is 6.69. The summed E-state index contributed by atoms with van der Waals surface area (Å²) in [4.78, 5) is 29.4. The van der Waals surface area contributed by atoms with Crippen molar-refractivity contribution >= 4 is 11.8 Å². The number of ether oxygens (including phenoxy) is 2. The monoisotopic (exact) mass is 444 g/mol. The lowest BCUT2D eigenvalue weighted by Crippen LogP contribution is -2.51. The highest BCUT2D eigenvalue weighted by Gasteiger charge is 2.33. The van der Waals surface area contributed by atoms with Crippen LogP contribution in [-0.2, 0) is 4.74 Å². The van der Waals surface area contributed by atoms with Crippen molar-refractivity contribution in [1.82, 2.24) is 9.80 Å². The molecule has 2 amide bonds. The normalized spacial score (nSPS) is 18.3. The van der Waals surface area contributed by atoms with Crippen LogP contribution in [0.2, 0.25) is 0 Å². The molecule has 0 spiro atoms. The van der Waals surface area contributed by atoms with Crippen molar-refractivity contribution in [1.29, 1.82) is 0 Å². The molecule has 0 aromatic heterocycles. The number of carbonyl (C=O) groups excluding carboxylic acids is 2. The zero-order valence-corrected chi connectivity index (χ0v) is 17.9. The maximum absolute atomic E-state index is 14.1. The van der Waals surface area contributed by atoms with E-state index in [-0.39, 0.29) is 24.6 Å². The van der Waals surface area contributed by atoms with E-state index in [2.05, 4.69) is 0 Å². The van der Waals surface area contributed by atoms with Crippen molar-refractivity contribution < 1.29 is 27.8 Å². The van der Waals surface area contributed by atoms with E-state index >= 15 is 0 Å². The first-order valence-corrected chi connectivity index (χ1v) is 10.7. The van der Waals surface area contributed by atoms with Crippen molar-refractivity contribution in [2.45, 2.75) is 18.9 Å². The average Bonchev–Trinajstić information content (AvgIpc) is 3.62. The predicted octanol–water partition coefficient (Wildman–Crippen LogP) is 3.37. The molecule has 8 heteroatoms. The smallest absolute Gasteiger partial charge is 0.257 e. The Balaban J connectivity index is 1.47. The highest BCUT2D eigenvalue weighted by atomic mass is 19.1. The largest absolute Gasteiger partial charge is 0.496 e. The SMILES string of the molecule is COc1ccccc1C(=O)N(CC1CC1)CC1CN(C(=O)c2ccc(F)cc2F)CCO1. The molecule has 2 aliphatic rings. The molecule has 1 aliphatic carbocycles. The molecule has 1 unspecified atom stereocenters. The van der Waals surface area contributed by atoms with Crippen molar-refractivity contribution in [3.8, 4) is 5.75 Å². The van der Waals surface area contributed by atoms with Gasteiger partial charge >= 0.3 is 0 Å². The Morgan fingerprint density at radius 3 is 2.62 bits per heavy atom. The Morgan fingerprint density at radius 2 is 1.91 bits per heavy atom. The fourth-order valence-electron chi connectivity index (χ4n) is 3.94. The first-order valence-electron chi connectivity index (χ1n) is 10.7. The van der Waals surface area contributed by atoms with Gasteiger partial charge in [0.15, 0.2) is 0 Å². The molecule has 1 aliphatic heterocycles. The van der Waals surface area contributed by atoms with Gasteiger partial charge in [-0.2, -0.15) is 0 Å². The van der Waals surface area contributed by atoms with Crippen LogP contribution < -0.4 is 4.74 Å². The molecule has 1 saturated heterocycles. The second-order valence-electron chi connectivity index (χ2n) is 8.22. The number of hydrogen-bond donors (Lipinski definition) is 0. The lowest BCUT2D eigenvalue weighted by molar-refractivity contribution is -0.0336. The number of morpholine rings is 1. The summed E-state index contributed by atoms with van der Waals surface area (Å²) in [5, 5.41) is 0. The van der Waals surface area contributed by atoms with Crippen LogP contribution in [-0.4, -0.2) is 67.6 Å². The molecule has 0 radical (unpaired) electrons. The summed E-state index contributed by atoms with van der Waals surface area (Å²) in [7, 11) is 1.53. The van der Waals surface area contributed by atoms with Crippen molar-refractivity contribution in [2.24, 2.45) is 5.92 Å². The summed E-state index contributed by atoms with van der Waals surface area (Å²) in [6, 6.07) is 10.0. The van der Waals surface area contributed by atoms with Gasteiger partial charge in [-0.25, -0.2) is 8.78 Å². The molecule has 4 rings (SSSR count). The fraction of sp³-hybridized carbons (Fsp3) is 0.417. The number of para-hydroxylation sites is 1. The minimum atomic E-state index is -0.889. The number of carbonyl (C=O) groups is 2. The summed E-state index contributed by atoms with van der Waals surface area (Å²) in [5.41, 5.74) is 0.305. The third kappa shape index (κ3) is 5.07. The molecule has 1 atom stereocenters. The summed E-state index contributed by atoms with van der Waals surface area (Å²) in [5.74, 6) is -1.31. The molecule has 6 nitrogen and oxygen atoms in total. The first-order chi connectivity index (χ1) is 15.5. The lowest BCUT2D eigenvalue weighted by Gasteiger charge is -2.36. The van der Waals surface area contributed by atoms with Crippen LogP contribution in [0.15, 0.2) is 42.5 Å². The van der Waals surface area contributed by atoms with E-state index < -0.39 is 23.6 Å². The maximum atomic E-state index is 14.1. The summed E-state index contributed by atoms with van der Waals surface area (Å²) in [6.07, 6.45) is 1.75. The van der Waals surface area contributed by atoms with Gasteiger partial charge in [0.05, 0.1) is 30.9 Å². The molecular weight excluding hydrogens is 418 g/mol. The average molecular weight is 444 g/mol. The predicted molar refractivity (Wildman–Crippen MR) is 114 cm³/mol. The molecule has 1 heterocycles. The van der Waals surface area contributed by atoms with Crippen LogP contribution in [0.25, 0.3) is 0 Å². The van der Waals surface area contributed by atoms with Crippen LogP contribution in [0, 0.1) is 17.6 Å². The molecule has 0 bridgehead atoms. The number of nitrogens with zero attached hydrogens (tertiary/aromatic N) is 2. The molecule has 2 aromatic rings. The Labute approximate surface area is 185 Å². The Hall–Kier alpha value is -3.00. The van der Waals surface area contributed by atoms with E-state index in [0.29, 0.717) is 42.9 Å². The van der Waals surface area contributed by atoms with Gasteiger partial charge in [0, 0.05) is 32.2 Å². The van der Waals surface area contributed by atoms with Crippen molar-refractivity contribution in [3.05, 3.63) is 65.2 Å². The van der Waals surface area contributed by atoms with E-state index in [1.807, 2.05) is 6.07 Å². The van der Waals surface area contributed by atoms with Gasteiger partial charge in [0.25, 0.3) is 11.8 Å². The third-order valence-corrected chi connectivity index (χ3v) is 5.81. The standard InChI is InChI=1S/C24H26F2N2O4/c1-31-22-5-3-2-4-20(22)24(30)28(13-16-6-7-16)15-18-14-27(10-11-32-18)23(29)19-9-8-17(25)12-21(19)26/h2-5,8-9,12,16,18H,6-7,10-11,13-15H2,1H3. The molecule has 0 N–H and O–H groups in total. The van der Waals surface area contributed by atoms with Gasteiger partial charge in [-0.05, 0) is 43.0 Å². The van der Waals surface area contributed by atoms with E-state index in [1.54, 1.807) is 23.1 Å². The van der Waals surface area contributed by atoms with E-state index in [9.17, 15) is 18.4 Å². The Morgan fingerprint density at radius 1 is 1.12 bits per heavy atom. The highest BCUT2D eigenvalue weighted by molar-refractivity contribution is 5.97. The fourth-order valence-corrected chi connectivity index (χ4v) is 3.94. The van der Waals surface area contributed by atoms with Gasteiger partial charge < -0.3 is 19.3 Å². The lowest BCUT2D eigenvalue weighted by atomic mass is 10.1. The second kappa shape index (κ2) is 9.65. The quantitative estimate of drug-likeness (QED) is 0.657. The van der Waals surface area contributed by atoms with Crippen LogP contribution in [0.1, 0.15) is 33.6 Å². The second-order valence-corrected chi connectivity index (χ2v) is 8.22. The molecule has 170 valence electrons. The van der Waals surface area contributed by atoms with Gasteiger partial charge in [0.2, 0.25) is 0 Å². The minimum Gasteiger partial charge on any atom is -0.496 e. The zero-order valence-electron chi connectivity index (χ0n) is 17.9. The van der Waals surface area contributed by atoms with Crippen LogP contribution in [0.5, 0.6) is 5.75 Å². The van der Waals surface area contributed by atoms with Crippen LogP contribution in [0.4, 0.5) is 8.78 Å². The van der Waals surface area contributed by atoms with Crippen molar-refractivity contribution in [3.63, 3.8) is 0 Å². The summed E-state index contributed by atoms with van der Waals surface area (Å²) >= 11 is 0. The van der Waals surface area contributed by atoms with Gasteiger partial charge in [-0.15, -0.1) is 0 Å². The number of amides is 2. The topological polar surface area (TPSA) is 59.1 Å². The number of halogens is 2. The minimum absolute atomic E-state index is 0.147. The van der Waals surface area contributed by atoms with Gasteiger partial charge in [-0.3, -0.25) is 9.59 Å². The number of hydrogen-bond acceptors (Lipinski definition) is 4. The molecular formula is C24H26F2N2O4. The molecule has 1 saturated carbocycles. The molecule has 2 aromatic carbocycles. The number of methoxy groups -OCH3 is 1. The highest BCUT2D eigenvalue weighted by Crippen LogP contribution is 2.31. The summed E-state index contributed by atoms with van der Waals surface area (Å²) in [6.45, 7) is 1.71. The summed E-state index contributed by atoms with van der Waals surface area (Å²) < 4.78 is 38.5. The first kappa shape index (κ1) is 22.2. The van der Waals surface area contributed by atoms with Crippen LogP contribution in [0.3, 0.4) is 0 Å². The van der Waals surface area contributed by atoms with Gasteiger partial charge in [-0.1, -0.05) is 12.1 Å². The number of benzene rings is 2. The number of rotatable bonds is 7.